The minimum Gasteiger partial charge on any atom is -0.457 e. The van der Waals surface area contributed by atoms with E-state index in [0.717, 1.165) is 17.6 Å². The van der Waals surface area contributed by atoms with Crippen LogP contribution in [0.1, 0.15) is 0 Å². The van der Waals surface area contributed by atoms with Crippen LogP contribution in [0.5, 0.6) is 11.5 Å². The Balaban J connectivity index is 0.000000386. The standard InChI is InChI=1S/C12H9O.CHNO/c1-3-7-11(8-4-1)13-12-9-5-2-6-10-12;2-1-3/h1,3-10H;2H. The van der Waals surface area contributed by atoms with Gasteiger partial charge in [0.15, 0.2) is 0 Å². The molecule has 3 nitrogen and oxygen atoms in total. The van der Waals surface area contributed by atoms with Crippen LogP contribution in [0.4, 0.5) is 0 Å². The Labute approximate surface area is 93.8 Å². The summed E-state index contributed by atoms with van der Waals surface area (Å²) in [5.41, 5.74) is 0. The van der Waals surface area contributed by atoms with Gasteiger partial charge in [-0.1, -0.05) is 30.3 Å². The Morgan fingerprint density at radius 1 is 1.00 bits per heavy atom. The SMILES string of the molecule is N=C=O.[c]1ccc(Oc2ccccc2)cc1. The third-order valence-electron chi connectivity index (χ3n) is 1.67. The van der Waals surface area contributed by atoms with Crippen LogP contribution in [-0.4, -0.2) is 6.08 Å². The van der Waals surface area contributed by atoms with E-state index in [1.54, 1.807) is 0 Å². The molecule has 0 aromatic heterocycles. The van der Waals surface area contributed by atoms with Crippen molar-refractivity contribution < 1.29 is 9.53 Å². The van der Waals surface area contributed by atoms with Crippen molar-refractivity contribution in [1.82, 2.24) is 0 Å². The first kappa shape index (κ1) is 11.7. The summed E-state index contributed by atoms with van der Waals surface area (Å²) in [5, 5.41) is 5.40. The molecule has 2 rings (SSSR count). The fraction of sp³-hybridized carbons (Fsp3) is 0. The smallest absolute Gasteiger partial charge is 0.231 e. The quantitative estimate of drug-likeness (QED) is 0.614. The fourth-order valence-electron chi connectivity index (χ4n) is 1.06. The summed E-state index contributed by atoms with van der Waals surface area (Å²) in [6.07, 6.45) is 0.750. The minimum atomic E-state index is 0.750. The van der Waals surface area contributed by atoms with Gasteiger partial charge in [-0.05, 0) is 30.3 Å². The van der Waals surface area contributed by atoms with Gasteiger partial charge < -0.3 is 4.74 Å². The van der Waals surface area contributed by atoms with Gasteiger partial charge in [-0.2, -0.15) is 0 Å². The normalized spacial score (nSPS) is 8.25. The van der Waals surface area contributed by atoms with Crippen molar-refractivity contribution in [1.29, 1.82) is 5.41 Å². The van der Waals surface area contributed by atoms with Gasteiger partial charge in [0.25, 0.3) is 0 Å². The maximum atomic E-state index is 8.35. The molecule has 0 fully saturated rings. The van der Waals surface area contributed by atoms with Crippen molar-refractivity contribution >= 4 is 6.08 Å². The van der Waals surface area contributed by atoms with E-state index in [1.165, 1.54) is 0 Å². The zero-order valence-electron chi connectivity index (χ0n) is 8.51. The lowest BCUT2D eigenvalue weighted by Crippen LogP contribution is -1.81. The van der Waals surface area contributed by atoms with Crippen molar-refractivity contribution in [3.63, 3.8) is 0 Å². The molecule has 79 valence electrons. The molecule has 0 bridgehead atoms. The van der Waals surface area contributed by atoms with Crippen molar-refractivity contribution in [3.05, 3.63) is 60.7 Å². The molecule has 1 radical (unpaired) electrons. The number of carbonyl (C=O) groups excluding carboxylic acids is 1. The minimum absolute atomic E-state index is 0.750. The number of rotatable bonds is 2. The van der Waals surface area contributed by atoms with E-state index in [4.69, 9.17) is 14.9 Å². The predicted molar refractivity (Wildman–Crippen MR) is 60.2 cm³/mol. The fourth-order valence-corrected chi connectivity index (χ4v) is 1.06. The number of benzene rings is 2. The molecule has 0 saturated carbocycles. The molecule has 3 heteroatoms. The molecule has 1 N–H and O–H groups in total. The topological polar surface area (TPSA) is 50.2 Å². The molecule has 0 aliphatic carbocycles. The molecule has 2 aromatic rings. The van der Waals surface area contributed by atoms with Crippen LogP contribution >= 0.6 is 0 Å². The molecular weight excluding hydrogens is 202 g/mol. The summed E-state index contributed by atoms with van der Waals surface area (Å²) in [6, 6.07) is 20.1. The largest absolute Gasteiger partial charge is 0.457 e. The van der Waals surface area contributed by atoms with Gasteiger partial charge in [-0.25, -0.2) is 10.2 Å². The Kier molecular flexibility index (Phi) is 5.10. The summed E-state index contributed by atoms with van der Waals surface area (Å²) in [5.74, 6) is 1.69. The van der Waals surface area contributed by atoms with Gasteiger partial charge in [0, 0.05) is 0 Å². The van der Waals surface area contributed by atoms with E-state index in [1.807, 2.05) is 54.6 Å². The van der Waals surface area contributed by atoms with Crippen molar-refractivity contribution in [3.8, 4) is 11.5 Å². The van der Waals surface area contributed by atoms with E-state index >= 15 is 0 Å². The lowest BCUT2D eigenvalue weighted by atomic mass is 10.3. The lowest BCUT2D eigenvalue weighted by Gasteiger charge is -2.03. The summed E-state index contributed by atoms with van der Waals surface area (Å²) < 4.78 is 5.56. The average molecular weight is 212 g/mol. The second kappa shape index (κ2) is 6.98. The van der Waals surface area contributed by atoms with E-state index in [0.29, 0.717) is 0 Å². The van der Waals surface area contributed by atoms with Gasteiger partial charge in [-0.15, -0.1) is 0 Å². The van der Waals surface area contributed by atoms with Crippen LogP contribution in [0.15, 0.2) is 54.6 Å². The molecule has 0 amide bonds. The van der Waals surface area contributed by atoms with Crippen LogP contribution in [0.3, 0.4) is 0 Å². The van der Waals surface area contributed by atoms with Crippen molar-refractivity contribution in [2.45, 2.75) is 0 Å². The van der Waals surface area contributed by atoms with Crippen LogP contribution in [0, 0.1) is 11.5 Å². The number of nitrogens with one attached hydrogen (secondary N) is 1. The van der Waals surface area contributed by atoms with Gasteiger partial charge in [0.2, 0.25) is 6.08 Å². The van der Waals surface area contributed by atoms with E-state index < -0.39 is 0 Å². The third-order valence-corrected chi connectivity index (χ3v) is 1.67. The van der Waals surface area contributed by atoms with Crippen molar-refractivity contribution in [2.75, 3.05) is 0 Å². The highest BCUT2D eigenvalue weighted by molar-refractivity contribution is 5.29. The molecular formula is C13H10NO2. The Bertz CT molecular complexity index is 397. The number of ether oxygens (including phenoxy) is 1. The van der Waals surface area contributed by atoms with Gasteiger partial charge in [-0.3, -0.25) is 0 Å². The Morgan fingerprint density at radius 3 is 2.06 bits per heavy atom. The molecule has 0 heterocycles. The van der Waals surface area contributed by atoms with Gasteiger partial charge in [0.05, 0.1) is 0 Å². The van der Waals surface area contributed by atoms with Crippen molar-refractivity contribution in [2.24, 2.45) is 0 Å². The first-order valence-corrected chi connectivity index (χ1v) is 4.59. The maximum absolute atomic E-state index is 8.35. The highest BCUT2D eigenvalue weighted by Gasteiger charge is 1.92. The highest BCUT2D eigenvalue weighted by Crippen LogP contribution is 2.19. The first-order chi connectivity index (χ1) is 7.86. The van der Waals surface area contributed by atoms with E-state index in [2.05, 4.69) is 6.07 Å². The van der Waals surface area contributed by atoms with Gasteiger partial charge in [0.1, 0.15) is 11.5 Å². The predicted octanol–water partition coefficient (Wildman–Crippen LogP) is 3.18. The molecule has 0 unspecified atom stereocenters. The Morgan fingerprint density at radius 2 is 1.50 bits per heavy atom. The summed E-state index contributed by atoms with van der Waals surface area (Å²) in [6.45, 7) is 0. The molecule has 0 spiro atoms. The highest BCUT2D eigenvalue weighted by atomic mass is 16.5. The lowest BCUT2D eigenvalue weighted by molar-refractivity contribution is 0.482. The summed E-state index contributed by atoms with van der Waals surface area (Å²) in [7, 11) is 0. The molecule has 0 saturated heterocycles. The summed E-state index contributed by atoms with van der Waals surface area (Å²) in [4.78, 5) is 8.35. The van der Waals surface area contributed by atoms with Crippen LogP contribution < -0.4 is 4.74 Å². The van der Waals surface area contributed by atoms with E-state index in [-0.39, 0.29) is 0 Å². The molecule has 0 aliphatic rings. The summed E-state index contributed by atoms with van der Waals surface area (Å²) >= 11 is 0. The molecule has 16 heavy (non-hydrogen) atoms. The average Bonchev–Trinajstić information content (AvgIpc) is 2.33. The van der Waals surface area contributed by atoms with Gasteiger partial charge >= 0.3 is 0 Å². The zero-order valence-corrected chi connectivity index (χ0v) is 8.51. The van der Waals surface area contributed by atoms with Crippen LogP contribution in [0.2, 0.25) is 0 Å². The van der Waals surface area contributed by atoms with Crippen LogP contribution in [-0.2, 0) is 4.79 Å². The second-order valence-corrected chi connectivity index (χ2v) is 2.75. The first-order valence-electron chi connectivity index (χ1n) is 4.59. The monoisotopic (exact) mass is 212 g/mol. The number of isocyanates is 1. The zero-order chi connectivity index (χ0) is 11.6. The second-order valence-electron chi connectivity index (χ2n) is 2.75. The van der Waals surface area contributed by atoms with Crippen LogP contribution in [0.25, 0.3) is 0 Å². The van der Waals surface area contributed by atoms with E-state index in [9.17, 15) is 0 Å². The number of para-hydroxylation sites is 1. The third kappa shape index (κ3) is 4.22. The maximum Gasteiger partial charge on any atom is 0.231 e. The number of hydrogen-bond donors (Lipinski definition) is 1. The number of hydrogen-bond acceptors (Lipinski definition) is 3. The molecule has 2 aromatic carbocycles. The molecule has 0 atom stereocenters. The Hall–Kier alpha value is -2.38. The molecule has 0 aliphatic heterocycles.